The van der Waals surface area contributed by atoms with E-state index in [1.807, 2.05) is 0 Å². The predicted molar refractivity (Wildman–Crippen MR) is 75.6 cm³/mol. The zero-order valence-corrected chi connectivity index (χ0v) is 12.2. The molecule has 110 valence electrons. The van der Waals surface area contributed by atoms with E-state index < -0.39 is 0 Å². The Morgan fingerprint density at radius 2 is 2.05 bits per heavy atom. The van der Waals surface area contributed by atoms with Crippen LogP contribution in [0.25, 0.3) is 0 Å². The van der Waals surface area contributed by atoms with Gasteiger partial charge in [0.05, 0.1) is 0 Å². The number of fused-ring (bicyclic) bond motifs is 2. The van der Waals surface area contributed by atoms with Gasteiger partial charge >= 0.3 is 0 Å². The summed E-state index contributed by atoms with van der Waals surface area (Å²) in [6.07, 6.45) is 8.48. The Kier molecular flexibility index (Phi) is 3.27. The lowest BCUT2D eigenvalue weighted by Crippen LogP contribution is -2.39. The van der Waals surface area contributed by atoms with Gasteiger partial charge in [-0.3, -0.25) is 0 Å². The Morgan fingerprint density at radius 3 is 2.75 bits per heavy atom. The molecule has 4 rings (SSSR count). The molecule has 2 bridgehead atoms. The molecule has 5 nitrogen and oxygen atoms in total. The van der Waals surface area contributed by atoms with E-state index in [1.54, 1.807) is 0 Å². The lowest BCUT2D eigenvalue weighted by Gasteiger charge is -2.34. The molecule has 0 radical (unpaired) electrons. The average molecular weight is 276 g/mol. The minimum absolute atomic E-state index is 0.512. The zero-order valence-electron chi connectivity index (χ0n) is 12.2. The van der Waals surface area contributed by atoms with Crippen LogP contribution in [-0.4, -0.2) is 46.8 Å². The van der Waals surface area contributed by atoms with Crippen LogP contribution in [0.15, 0.2) is 4.52 Å². The van der Waals surface area contributed by atoms with Crippen molar-refractivity contribution >= 4 is 0 Å². The highest BCUT2D eigenvalue weighted by Crippen LogP contribution is 2.41. The first-order chi connectivity index (χ1) is 9.79. The molecule has 3 aliphatic heterocycles. The van der Waals surface area contributed by atoms with E-state index in [0.717, 1.165) is 36.8 Å². The number of nitrogens with one attached hydrogen (secondary N) is 1. The fraction of sp³-hybridized carbons (Fsp3) is 0.867. The second-order valence-electron chi connectivity index (χ2n) is 6.76. The van der Waals surface area contributed by atoms with Crippen molar-refractivity contribution in [3.63, 3.8) is 0 Å². The molecule has 3 aliphatic rings. The van der Waals surface area contributed by atoms with Crippen molar-refractivity contribution in [3.05, 3.63) is 11.7 Å². The second-order valence-corrected chi connectivity index (χ2v) is 6.76. The highest BCUT2D eigenvalue weighted by molar-refractivity contribution is 5.05. The first-order valence-corrected chi connectivity index (χ1v) is 8.07. The van der Waals surface area contributed by atoms with Gasteiger partial charge in [0.25, 0.3) is 0 Å². The van der Waals surface area contributed by atoms with E-state index >= 15 is 0 Å². The fourth-order valence-electron chi connectivity index (χ4n) is 4.28. The van der Waals surface area contributed by atoms with Crippen molar-refractivity contribution in [1.29, 1.82) is 0 Å². The standard InChI is InChI=1S/C15H24N4O/c1-19-12-4-5-13(19)8-10(7-12)15-17-14(20-18-15)9-11-3-2-6-16-11/h10-13,16H,2-9H2,1H3. The Hall–Kier alpha value is -0.940. The Labute approximate surface area is 120 Å². The SMILES string of the molecule is CN1C2CCC1CC(c1noc(CC3CCCN3)n1)C2. The highest BCUT2D eigenvalue weighted by Gasteiger charge is 2.40. The number of aromatic nitrogens is 2. The molecule has 3 unspecified atom stereocenters. The maximum atomic E-state index is 5.48. The molecule has 3 saturated heterocycles. The third-order valence-electron chi connectivity index (χ3n) is 5.53. The van der Waals surface area contributed by atoms with Crippen molar-refractivity contribution in [2.75, 3.05) is 13.6 Å². The third-order valence-corrected chi connectivity index (χ3v) is 5.53. The van der Waals surface area contributed by atoms with Gasteiger partial charge in [0.1, 0.15) is 0 Å². The van der Waals surface area contributed by atoms with Crippen molar-refractivity contribution in [3.8, 4) is 0 Å². The van der Waals surface area contributed by atoms with Gasteiger partial charge in [0.2, 0.25) is 5.89 Å². The van der Waals surface area contributed by atoms with Crippen molar-refractivity contribution in [2.24, 2.45) is 0 Å². The van der Waals surface area contributed by atoms with Crippen LogP contribution in [0.4, 0.5) is 0 Å². The molecular weight excluding hydrogens is 252 g/mol. The summed E-state index contributed by atoms with van der Waals surface area (Å²) in [5, 5.41) is 7.76. The molecule has 20 heavy (non-hydrogen) atoms. The van der Waals surface area contributed by atoms with Crippen molar-refractivity contribution in [2.45, 2.75) is 69.0 Å². The minimum atomic E-state index is 0.512. The summed E-state index contributed by atoms with van der Waals surface area (Å²) in [4.78, 5) is 7.24. The maximum absolute atomic E-state index is 5.48. The van der Waals surface area contributed by atoms with Crippen LogP contribution in [0, 0.1) is 0 Å². The van der Waals surface area contributed by atoms with Crippen LogP contribution < -0.4 is 5.32 Å². The van der Waals surface area contributed by atoms with E-state index in [9.17, 15) is 0 Å². The number of hydrogen-bond donors (Lipinski definition) is 1. The van der Waals surface area contributed by atoms with Gasteiger partial charge in [-0.05, 0) is 52.1 Å². The van der Waals surface area contributed by atoms with E-state index in [2.05, 4.69) is 27.4 Å². The normalized spacial score (nSPS) is 37.6. The first-order valence-electron chi connectivity index (χ1n) is 8.07. The Bertz CT molecular complexity index is 454. The van der Waals surface area contributed by atoms with Gasteiger partial charge in [-0.15, -0.1) is 0 Å². The smallest absolute Gasteiger partial charge is 0.228 e. The van der Waals surface area contributed by atoms with Crippen molar-refractivity contribution in [1.82, 2.24) is 20.4 Å². The number of piperidine rings is 1. The Morgan fingerprint density at radius 1 is 1.25 bits per heavy atom. The highest BCUT2D eigenvalue weighted by atomic mass is 16.5. The van der Waals surface area contributed by atoms with Crippen LogP contribution >= 0.6 is 0 Å². The van der Waals surface area contributed by atoms with E-state index in [0.29, 0.717) is 12.0 Å². The van der Waals surface area contributed by atoms with Crippen molar-refractivity contribution < 1.29 is 4.52 Å². The van der Waals surface area contributed by atoms with E-state index in [1.165, 1.54) is 38.5 Å². The molecule has 5 heteroatoms. The first kappa shape index (κ1) is 12.8. The summed E-state index contributed by atoms with van der Waals surface area (Å²) in [5.74, 6) is 2.30. The topological polar surface area (TPSA) is 54.2 Å². The summed E-state index contributed by atoms with van der Waals surface area (Å²) in [6.45, 7) is 1.13. The van der Waals surface area contributed by atoms with Crippen LogP contribution in [-0.2, 0) is 6.42 Å². The summed E-state index contributed by atoms with van der Waals surface area (Å²) in [5.41, 5.74) is 0. The lowest BCUT2D eigenvalue weighted by molar-refractivity contribution is 0.157. The molecule has 0 spiro atoms. The van der Waals surface area contributed by atoms with Crippen LogP contribution in [0.3, 0.4) is 0 Å². The van der Waals surface area contributed by atoms with Gasteiger partial charge in [0, 0.05) is 30.5 Å². The third kappa shape index (κ3) is 2.27. The molecule has 0 amide bonds. The van der Waals surface area contributed by atoms with Crippen LogP contribution in [0.1, 0.15) is 56.2 Å². The summed E-state index contributed by atoms with van der Waals surface area (Å²) in [7, 11) is 2.27. The van der Waals surface area contributed by atoms with Crippen LogP contribution in [0.5, 0.6) is 0 Å². The maximum Gasteiger partial charge on any atom is 0.228 e. The van der Waals surface area contributed by atoms with Gasteiger partial charge in [-0.2, -0.15) is 4.98 Å². The van der Waals surface area contributed by atoms with E-state index in [-0.39, 0.29) is 0 Å². The number of rotatable bonds is 3. The lowest BCUT2D eigenvalue weighted by atomic mass is 9.90. The second kappa shape index (κ2) is 5.11. The van der Waals surface area contributed by atoms with E-state index in [4.69, 9.17) is 4.52 Å². The molecule has 0 saturated carbocycles. The minimum Gasteiger partial charge on any atom is -0.339 e. The molecule has 0 aromatic carbocycles. The molecule has 1 N–H and O–H groups in total. The van der Waals surface area contributed by atoms with Gasteiger partial charge in [-0.1, -0.05) is 5.16 Å². The van der Waals surface area contributed by atoms with Gasteiger partial charge in [-0.25, -0.2) is 0 Å². The molecule has 0 aliphatic carbocycles. The number of hydrogen-bond acceptors (Lipinski definition) is 5. The summed E-state index contributed by atoms with van der Waals surface area (Å²) >= 11 is 0. The quantitative estimate of drug-likeness (QED) is 0.910. The van der Waals surface area contributed by atoms with Gasteiger partial charge in [0.15, 0.2) is 5.82 Å². The molecule has 1 aromatic heterocycles. The van der Waals surface area contributed by atoms with Crippen LogP contribution in [0.2, 0.25) is 0 Å². The van der Waals surface area contributed by atoms with Gasteiger partial charge < -0.3 is 14.7 Å². The molecular formula is C15H24N4O. The molecule has 4 heterocycles. The zero-order chi connectivity index (χ0) is 13.5. The number of nitrogens with zero attached hydrogens (tertiary/aromatic N) is 3. The molecule has 3 atom stereocenters. The molecule has 3 fully saturated rings. The average Bonchev–Trinajstić information content (AvgIpc) is 3.14. The summed E-state index contributed by atoms with van der Waals surface area (Å²) in [6, 6.07) is 2.01. The summed E-state index contributed by atoms with van der Waals surface area (Å²) < 4.78 is 5.48. The monoisotopic (exact) mass is 276 g/mol. The predicted octanol–water partition coefficient (Wildman–Crippen LogP) is 1.70. The largest absolute Gasteiger partial charge is 0.339 e. The molecule has 1 aromatic rings. The Balaban J connectivity index is 1.43. The fourth-order valence-corrected chi connectivity index (χ4v) is 4.28.